The smallest absolute Gasteiger partial charge is 0.271 e. The second-order valence-corrected chi connectivity index (χ2v) is 11.2. The first-order chi connectivity index (χ1) is 19.4. The number of thioether (sulfide) groups is 1. The van der Waals surface area contributed by atoms with Crippen LogP contribution in [0.5, 0.6) is 5.75 Å². The Balaban J connectivity index is 1.17. The summed E-state index contributed by atoms with van der Waals surface area (Å²) in [5.74, 6) is -0.789. The number of aromatic hydroxyl groups is 1. The number of imidazole rings is 1. The van der Waals surface area contributed by atoms with E-state index >= 15 is 0 Å². The average Bonchev–Trinajstić information content (AvgIpc) is 3.70. The van der Waals surface area contributed by atoms with E-state index in [2.05, 4.69) is 20.1 Å². The summed E-state index contributed by atoms with van der Waals surface area (Å²) in [6.45, 7) is 2.75. The third-order valence-corrected chi connectivity index (χ3v) is 8.51. The molecule has 1 amide bonds. The molecule has 0 unspecified atom stereocenters. The molecule has 2 atom stereocenters. The van der Waals surface area contributed by atoms with Crippen molar-refractivity contribution in [3.05, 3.63) is 83.2 Å². The van der Waals surface area contributed by atoms with Crippen molar-refractivity contribution in [1.82, 2.24) is 24.8 Å². The fraction of sp³-hybridized carbons (Fsp3) is 0.345. The summed E-state index contributed by atoms with van der Waals surface area (Å²) in [6, 6.07) is 13.0. The second-order valence-electron chi connectivity index (χ2n) is 10.3. The Morgan fingerprint density at radius 2 is 2.00 bits per heavy atom. The molecule has 0 radical (unpaired) electrons. The number of benzene rings is 2. The first-order valence-corrected chi connectivity index (χ1v) is 14.6. The zero-order chi connectivity index (χ0) is 27.8. The normalized spacial score (nSPS) is 19.5. The number of rotatable bonds is 7. The Hall–Kier alpha value is -3.70. The van der Waals surface area contributed by atoms with E-state index < -0.39 is 5.82 Å². The van der Waals surface area contributed by atoms with Gasteiger partial charge >= 0.3 is 0 Å². The predicted molar refractivity (Wildman–Crippen MR) is 150 cm³/mol. The first kappa shape index (κ1) is 26.5. The molecule has 2 aromatic heterocycles. The predicted octanol–water partition coefficient (Wildman–Crippen LogP) is 4.78. The molecule has 4 heterocycles. The van der Waals surface area contributed by atoms with Crippen LogP contribution in [0.3, 0.4) is 0 Å². The highest BCUT2D eigenvalue weighted by atomic mass is 32.2. The van der Waals surface area contributed by atoms with Crippen molar-refractivity contribution in [1.29, 1.82) is 0 Å². The molecule has 0 saturated carbocycles. The molecule has 2 aliphatic rings. The van der Waals surface area contributed by atoms with Crippen molar-refractivity contribution < 1.29 is 18.7 Å². The molecule has 2 N–H and O–H groups in total. The highest BCUT2D eigenvalue weighted by Gasteiger charge is 2.30. The van der Waals surface area contributed by atoms with E-state index in [0.717, 1.165) is 48.4 Å². The van der Waals surface area contributed by atoms with Crippen LogP contribution in [0.4, 0.5) is 14.6 Å². The largest absolute Gasteiger partial charge is 0.505 e. The van der Waals surface area contributed by atoms with Crippen molar-refractivity contribution >= 4 is 29.1 Å². The van der Waals surface area contributed by atoms with E-state index in [1.54, 1.807) is 28.4 Å². The number of anilines is 1. The number of fused-ring (bicyclic) bond motifs is 1. The lowest BCUT2D eigenvalue weighted by Gasteiger charge is -2.27. The lowest BCUT2D eigenvalue weighted by Crippen LogP contribution is -2.37. The van der Waals surface area contributed by atoms with Gasteiger partial charge in [-0.05, 0) is 79.1 Å². The molecule has 40 heavy (non-hydrogen) atoms. The van der Waals surface area contributed by atoms with E-state index in [-0.39, 0.29) is 29.6 Å². The molecule has 2 saturated heterocycles. The molecular weight excluding hydrogens is 534 g/mol. The fourth-order valence-corrected chi connectivity index (χ4v) is 6.40. The molecule has 0 bridgehead atoms. The Labute approximate surface area is 235 Å². The van der Waals surface area contributed by atoms with Gasteiger partial charge in [-0.3, -0.25) is 9.69 Å². The maximum atomic E-state index is 14.2. The number of nitrogens with zero attached hydrogens (tertiary/aromatic N) is 5. The third kappa shape index (κ3) is 5.23. The zero-order valence-electron chi connectivity index (χ0n) is 22.1. The van der Waals surface area contributed by atoms with Crippen LogP contribution in [0, 0.1) is 11.6 Å². The summed E-state index contributed by atoms with van der Waals surface area (Å²) in [4.78, 5) is 23.1. The molecule has 8 nitrogen and oxygen atoms in total. The Bertz CT molecular complexity index is 1560. The third-order valence-electron chi connectivity index (χ3n) is 7.70. The van der Waals surface area contributed by atoms with Gasteiger partial charge in [0.05, 0.1) is 12.2 Å². The van der Waals surface area contributed by atoms with Crippen LogP contribution in [-0.4, -0.2) is 62.4 Å². The van der Waals surface area contributed by atoms with Crippen LogP contribution in [-0.2, 0) is 6.54 Å². The Morgan fingerprint density at radius 3 is 2.83 bits per heavy atom. The van der Waals surface area contributed by atoms with Crippen molar-refractivity contribution in [2.45, 2.75) is 42.8 Å². The standard InChI is InChI=1S/C29H30F2N6O2S/c1-40-26-7-5-19(30)14-21(26)23-3-2-11-36(23)28-9-8-27-32-15-24(37(27)34-28)29(39)33-20-10-12-35(17-20)16-18-4-6-22(31)25(38)13-18/h4-9,13-15,20,23,38H,2-3,10-12,16-17H2,1H3,(H,33,39)/t20-,23+/m0/s1. The lowest BCUT2D eigenvalue weighted by atomic mass is 10.0. The van der Waals surface area contributed by atoms with Gasteiger partial charge in [-0.25, -0.2) is 18.3 Å². The van der Waals surface area contributed by atoms with E-state index in [4.69, 9.17) is 5.10 Å². The van der Waals surface area contributed by atoms with Crippen molar-refractivity contribution in [3.63, 3.8) is 0 Å². The van der Waals surface area contributed by atoms with Crippen LogP contribution in [0.1, 0.15) is 46.9 Å². The van der Waals surface area contributed by atoms with Crippen LogP contribution in [0.2, 0.25) is 0 Å². The van der Waals surface area contributed by atoms with Crippen molar-refractivity contribution in [2.75, 3.05) is 30.8 Å². The number of carbonyl (C=O) groups is 1. The zero-order valence-corrected chi connectivity index (χ0v) is 22.9. The molecule has 0 aliphatic carbocycles. The van der Waals surface area contributed by atoms with Gasteiger partial charge in [0.1, 0.15) is 11.6 Å². The maximum Gasteiger partial charge on any atom is 0.271 e. The second kappa shape index (κ2) is 11.1. The quantitative estimate of drug-likeness (QED) is 0.313. The van der Waals surface area contributed by atoms with Gasteiger partial charge in [-0.15, -0.1) is 16.9 Å². The van der Waals surface area contributed by atoms with Gasteiger partial charge in [-0.2, -0.15) is 0 Å². The minimum absolute atomic E-state index is 0.00334. The number of hydrogen-bond acceptors (Lipinski definition) is 7. The number of phenolic OH excluding ortho intramolecular Hbond substituents is 1. The van der Waals surface area contributed by atoms with Gasteiger partial charge in [0.25, 0.3) is 5.91 Å². The number of hydrogen-bond donors (Lipinski definition) is 2. The molecular formula is C29H30F2N6O2S. The lowest BCUT2D eigenvalue weighted by molar-refractivity contribution is 0.0930. The van der Waals surface area contributed by atoms with Crippen LogP contribution >= 0.6 is 11.8 Å². The fourth-order valence-electron chi connectivity index (χ4n) is 5.77. The van der Waals surface area contributed by atoms with Crippen molar-refractivity contribution in [3.8, 4) is 5.75 Å². The topological polar surface area (TPSA) is 86.0 Å². The van der Waals surface area contributed by atoms with E-state index in [0.29, 0.717) is 30.2 Å². The summed E-state index contributed by atoms with van der Waals surface area (Å²) >= 11 is 1.60. The average molecular weight is 565 g/mol. The summed E-state index contributed by atoms with van der Waals surface area (Å²) in [5.41, 5.74) is 2.69. The number of carbonyl (C=O) groups excluding carboxylic acids is 1. The minimum Gasteiger partial charge on any atom is -0.505 e. The molecule has 2 aliphatic heterocycles. The highest BCUT2D eigenvalue weighted by molar-refractivity contribution is 7.98. The molecule has 11 heteroatoms. The molecule has 2 aromatic carbocycles. The number of amides is 1. The van der Waals surface area contributed by atoms with Gasteiger partial charge < -0.3 is 15.3 Å². The molecule has 6 rings (SSSR count). The summed E-state index contributed by atoms with van der Waals surface area (Å²) in [5, 5.41) is 17.6. The van der Waals surface area contributed by atoms with Crippen molar-refractivity contribution in [2.24, 2.45) is 0 Å². The summed E-state index contributed by atoms with van der Waals surface area (Å²) < 4.78 is 29.1. The molecule has 2 fully saturated rings. The Morgan fingerprint density at radius 1 is 1.12 bits per heavy atom. The molecule has 0 spiro atoms. The monoisotopic (exact) mass is 564 g/mol. The highest BCUT2D eigenvalue weighted by Crippen LogP contribution is 2.39. The number of nitrogens with one attached hydrogen (secondary N) is 1. The summed E-state index contributed by atoms with van der Waals surface area (Å²) in [6.07, 6.45) is 6.16. The van der Waals surface area contributed by atoms with Gasteiger partial charge in [0, 0.05) is 37.1 Å². The van der Waals surface area contributed by atoms with Crippen LogP contribution in [0.25, 0.3) is 5.65 Å². The van der Waals surface area contributed by atoms with Gasteiger partial charge in [0.15, 0.2) is 22.9 Å². The first-order valence-electron chi connectivity index (χ1n) is 13.3. The number of likely N-dealkylation sites (tertiary alicyclic amines) is 1. The van der Waals surface area contributed by atoms with E-state index in [1.165, 1.54) is 24.4 Å². The van der Waals surface area contributed by atoms with E-state index in [1.807, 2.05) is 24.5 Å². The number of halogens is 2. The minimum atomic E-state index is -0.640. The Kier molecular flexibility index (Phi) is 7.33. The number of aromatic nitrogens is 3. The maximum absolute atomic E-state index is 14.2. The summed E-state index contributed by atoms with van der Waals surface area (Å²) in [7, 11) is 0. The van der Waals surface area contributed by atoms with Gasteiger partial charge in [-0.1, -0.05) is 6.07 Å². The molecule has 208 valence electrons. The van der Waals surface area contributed by atoms with Crippen LogP contribution < -0.4 is 10.2 Å². The van der Waals surface area contributed by atoms with E-state index in [9.17, 15) is 18.7 Å². The number of phenols is 1. The molecule has 4 aromatic rings. The SMILES string of the molecule is CSc1ccc(F)cc1[C@H]1CCCN1c1ccc2ncc(C(=O)N[C@H]3CCN(Cc4ccc(F)c(O)c4)C3)n2n1. The van der Waals surface area contributed by atoms with Crippen LogP contribution in [0.15, 0.2) is 59.6 Å². The van der Waals surface area contributed by atoms with Gasteiger partial charge in [0.2, 0.25) is 0 Å².